The van der Waals surface area contributed by atoms with Crippen molar-refractivity contribution < 1.29 is 80.2 Å². The first-order valence-corrected chi connectivity index (χ1v) is 36.7. The summed E-state index contributed by atoms with van der Waals surface area (Å²) in [4.78, 5) is 72.3. The van der Waals surface area contributed by atoms with Crippen molar-refractivity contribution in [3.8, 4) is 0 Å². The summed E-state index contributed by atoms with van der Waals surface area (Å²) in [5, 5.41) is 10.5. The number of aliphatic hydroxyl groups excluding tert-OH is 1. The lowest BCUT2D eigenvalue weighted by molar-refractivity contribution is -0.161. The quantitative estimate of drug-likeness (QED) is 0.0222. The zero-order valence-corrected chi connectivity index (χ0v) is 56.3. The minimum atomic E-state index is -4.95. The number of esters is 4. The van der Waals surface area contributed by atoms with Crippen LogP contribution in [0.1, 0.15) is 312 Å². The topological polar surface area (TPSA) is 237 Å². The van der Waals surface area contributed by atoms with Crippen LogP contribution in [0.25, 0.3) is 0 Å². The molecule has 0 aromatic carbocycles. The molecule has 0 heterocycles. The van der Waals surface area contributed by atoms with Gasteiger partial charge in [-0.1, -0.05) is 261 Å². The monoisotopic (exact) mass is 1240 g/mol. The molecule has 0 aliphatic rings. The highest BCUT2D eigenvalue weighted by molar-refractivity contribution is 7.47. The van der Waals surface area contributed by atoms with Crippen LogP contribution in [-0.4, -0.2) is 96.7 Å². The van der Waals surface area contributed by atoms with E-state index < -0.39 is 97.5 Å². The van der Waals surface area contributed by atoms with E-state index in [1.54, 1.807) is 0 Å². The first-order valence-electron chi connectivity index (χ1n) is 33.7. The molecule has 0 aliphatic heterocycles. The summed E-state index contributed by atoms with van der Waals surface area (Å²) in [6.45, 7) is 14.0. The second-order valence-electron chi connectivity index (χ2n) is 25.2. The van der Waals surface area contributed by atoms with Crippen molar-refractivity contribution >= 4 is 39.5 Å². The number of phosphoric ester groups is 2. The Kier molecular flexibility index (Phi) is 53.9. The molecule has 0 amide bonds. The number of aliphatic hydroxyl groups is 1. The Labute approximate surface area is 511 Å². The molecule has 4 unspecified atom stereocenters. The van der Waals surface area contributed by atoms with Crippen LogP contribution in [0.4, 0.5) is 0 Å². The lowest BCUT2D eigenvalue weighted by atomic mass is 9.99. The zero-order valence-electron chi connectivity index (χ0n) is 54.5. The number of carbonyl (C=O) groups is 4. The van der Waals surface area contributed by atoms with E-state index in [1.807, 2.05) is 0 Å². The SMILES string of the molecule is CCC(C)CCCCCCCCCCC(=O)OC[C@H](COP(=O)(O)OCC(O)COP(=O)(O)OC[C@@H](COC(=O)CCCCCCCCCC(C)C)OC(=O)CCCCCCCCCCCC(C)C)OC(=O)CCCCCCCCCC(C)C. The Balaban J connectivity index is 5.26. The lowest BCUT2D eigenvalue weighted by Crippen LogP contribution is -2.30. The molecule has 0 bridgehead atoms. The Morgan fingerprint density at radius 1 is 0.333 bits per heavy atom. The predicted molar refractivity (Wildman–Crippen MR) is 335 cm³/mol. The molecule has 0 rings (SSSR count). The van der Waals surface area contributed by atoms with Crippen molar-refractivity contribution in [2.45, 2.75) is 331 Å². The third-order valence-corrected chi connectivity index (χ3v) is 17.1. The van der Waals surface area contributed by atoms with Gasteiger partial charge in [-0.05, 0) is 49.4 Å². The fourth-order valence-corrected chi connectivity index (χ4v) is 11.2. The third-order valence-electron chi connectivity index (χ3n) is 15.2. The highest BCUT2D eigenvalue weighted by atomic mass is 31.2. The predicted octanol–water partition coefficient (Wildman–Crippen LogP) is 17.8. The number of hydrogen-bond acceptors (Lipinski definition) is 15. The summed E-state index contributed by atoms with van der Waals surface area (Å²) >= 11 is 0. The third kappa shape index (κ3) is 57.8. The Hall–Kier alpha value is -1.94. The fraction of sp³-hybridized carbons (Fsp3) is 0.938. The van der Waals surface area contributed by atoms with Gasteiger partial charge >= 0.3 is 39.5 Å². The first kappa shape index (κ1) is 82.1. The fourth-order valence-electron chi connectivity index (χ4n) is 9.57. The van der Waals surface area contributed by atoms with E-state index in [9.17, 15) is 43.2 Å². The van der Waals surface area contributed by atoms with E-state index >= 15 is 0 Å². The van der Waals surface area contributed by atoms with Gasteiger partial charge in [-0.25, -0.2) is 9.13 Å². The number of carbonyl (C=O) groups excluding carboxylic acids is 4. The van der Waals surface area contributed by atoms with Crippen molar-refractivity contribution in [3.63, 3.8) is 0 Å². The van der Waals surface area contributed by atoms with E-state index in [0.29, 0.717) is 37.5 Å². The average molecular weight is 1240 g/mol. The molecular formula is C65H126O17P2. The summed E-state index contributed by atoms with van der Waals surface area (Å²) in [6, 6.07) is 0. The van der Waals surface area contributed by atoms with E-state index in [2.05, 4.69) is 55.4 Å². The van der Waals surface area contributed by atoms with Gasteiger partial charge in [0.1, 0.15) is 19.3 Å². The normalized spacial score (nSPS) is 14.7. The number of phosphoric acid groups is 2. The minimum Gasteiger partial charge on any atom is -0.462 e. The number of unbranched alkanes of at least 4 members (excludes halogenated alkanes) is 27. The standard InChI is InChI=1S/C65H126O17P2/c1-9-58(8)44-36-28-20-13-14-21-29-37-45-62(67)75-51-61(82-65(70)48-40-32-24-16-19-27-35-43-57(6)7)54-80-84(73,74)78-50-59(66)49-77-83(71,72)79-53-60(52-76-63(68)46-38-30-23-15-18-26-34-42-56(4)5)81-64(69)47-39-31-22-12-10-11-17-25-33-41-55(2)3/h55-61,66H,9-54H2,1-8H3,(H,71,72)(H,73,74)/t58?,59?,60-,61-/m1/s1. The summed E-state index contributed by atoms with van der Waals surface area (Å²) in [6.07, 6.45) is 34.9. The van der Waals surface area contributed by atoms with Crippen LogP contribution in [-0.2, 0) is 65.4 Å². The molecule has 19 heteroatoms. The second-order valence-corrected chi connectivity index (χ2v) is 28.1. The second kappa shape index (κ2) is 55.2. The van der Waals surface area contributed by atoms with Gasteiger partial charge in [-0.3, -0.25) is 37.3 Å². The van der Waals surface area contributed by atoms with Crippen LogP contribution < -0.4 is 0 Å². The Morgan fingerprint density at radius 3 is 0.845 bits per heavy atom. The summed E-state index contributed by atoms with van der Waals surface area (Å²) in [5.41, 5.74) is 0. The highest BCUT2D eigenvalue weighted by Gasteiger charge is 2.30. The number of hydrogen-bond donors (Lipinski definition) is 3. The van der Waals surface area contributed by atoms with Gasteiger partial charge in [0.2, 0.25) is 0 Å². The van der Waals surface area contributed by atoms with Crippen molar-refractivity contribution in [2.24, 2.45) is 23.7 Å². The number of rotatable bonds is 62. The van der Waals surface area contributed by atoms with Gasteiger partial charge in [-0.15, -0.1) is 0 Å². The van der Waals surface area contributed by atoms with Crippen LogP contribution in [0.5, 0.6) is 0 Å². The molecule has 0 saturated heterocycles. The molecule has 0 aliphatic carbocycles. The van der Waals surface area contributed by atoms with Crippen molar-refractivity contribution in [1.29, 1.82) is 0 Å². The molecule has 498 valence electrons. The largest absolute Gasteiger partial charge is 0.472 e. The molecular weight excluding hydrogens is 1110 g/mol. The number of ether oxygens (including phenoxy) is 4. The maximum atomic E-state index is 13.0. The van der Waals surface area contributed by atoms with Crippen LogP contribution >= 0.6 is 15.6 Å². The molecule has 0 aromatic heterocycles. The highest BCUT2D eigenvalue weighted by Crippen LogP contribution is 2.45. The summed E-state index contributed by atoms with van der Waals surface area (Å²) < 4.78 is 68.0. The average Bonchev–Trinajstić information content (AvgIpc) is 3.50. The summed E-state index contributed by atoms with van der Waals surface area (Å²) in [5.74, 6) is 0.775. The molecule has 3 N–H and O–H groups in total. The van der Waals surface area contributed by atoms with E-state index in [1.165, 1.54) is 109 Å². The minimum absolute atomic E-state index is 0.102. The molecule has 6 atom stereocenters. The molecule has 84 heavy (non-hydrogen) atoms. The maximum absolute atomic E-state index is 13.0. The van der Waals surface area contributed by atoms with Gasteiger partial charge in [0.15, 0.2) is 12.2 Å². The summed E-state index contributed by atoms with van der Waals surface area (Å²) in [7, 11) is -9.89. The van der Waals surface area contributed by atoms with Crippen LogP contribution in [0, 0.1) is 23.7 Å². The Bertz CT molecular complexity index is 1680. The smallest absolute Gasteiger partial charge is 0.462 e. The molecule has 0 aromatic rings. The maximum Gasteiger partial charge on any atom is 0.472 e. The van der Waals surface area contributed by atoms with Gasteiger partial charge < -0.3 is 33.8 Å². The van der Waals surface area contributed by atoms with E-state index in [-0.39, 0.29) is 25.7 Å². The van der Waals surface area contributed by atoms with E-state index in [4.69, 9.17) is 37.0 Å². The molecule has 0 saturated carbocycles. The molecule has 0 spiro atoms. The van der Waals surface area contributed by atoms with Crippen LogP contribution in [0.15, 0.2) is 0 Å². The Morgan fingerprint density at radius 2 is 0.571 bits per heavy atom. The zero-order chi connectivity index (χ0) is 62.5. The van der Waals surface area contributed by atoms with Crippen LogP contribution in [0.2, 0.25) is 0 Å². The van der Waals surface area contributed by atoms with Gasteiger partial charge in [-0.2, -0.15) is 0 Å². The molecule has 0 fully saturated rings. The molecule has 17 nitrogen and oxygen atoms in total. The first-order chi connectivity index (χ1) is 40.1. The van der Waals surface area contributed by atoms with Gasteiger partial charge in [0, 0.05) is 25.7 Å². The van der Waals surface area contributed by atoms with Crippen molar-refractivity contribution in [2.75, 3.05) is 39.6 Å². The van der Waals surface area contributed by atoms with Gasteiger partial charge in [0.05, 0.1) is 26.4 Å². The van der Waals surface area contributed by atoms with Gasteiger partial charge in [0.25, 0.3) is 0 Å². The lowest BCUT2D eigenvalue weighted by Gasteiger charge is -2.21. The van der Waals surface area contributed by atoms with Crippen molar-refractivity contribution in [3.05, 3.63) is 0 Å². The van der Waals surface area contributed by atoms with E-state index in [0.717, 1.165) is 108 Å². The van der Waals surface area contributed by atoms with Crippen LogP contribution in [0.3, 0.4) is 0 Å². The molecule has 0 radical (unpaired) electrons. The van der Waals surface area contributed by atoms with Crippen molar-refractivity contribution in [1.82, 2.24) is 0 Å².